The zero-order chi connectivity index (χ0) is 19.4. The SMILES string of the molecule is O=C(O)c1cc2c(cc1C(=O)O)Cc1cc3cc4ccccc4cc3cc1C2. The first-order valence-corrected chi connectivity index (χ1v) is 9.06. The monoisotopic (exact) mass is 368 g/mol. The fraction of sp³-hybridized carbons (Fsp3) is 0.0833. The van der Waals surface area contributed by atoms with Gasteiger partial charge < -0.3 is 10.2 Å². The van der Waals surface area contributed by atoms with E-state index in [1.54, 1.807) is 0 Å². The Morgan fingerprint density at radius 3 is 1.36 bits per heavy atom. The van der Waals surface area contributed by atoms with Crippen LogP contribution >= 0.6 is 0 Å². The average molecular weight is 368 g/mol. The quantitative estimate of drug-likeness (QED) is 0.435. The highest BCUT2D eigenvalue weighted by Crippen LogP contribution is 2.33. The van der Waals surface area contributed by atoms with Crippen molar-refractivity contribution >= 4 is 33.5 Å². The van der Waals surface area contributed by atoms with Gasteiger partial charge in [0.1, 0.15) is 0 Å². The molecule has 4 aromatic carbocycles. The summed E-state index contributed by atoms with van der Waals surface area (Å²) >= 11 is 0. The maximum Gasteiger partial charge on any atom is 0.336 e. The van der Waals surface area contributed by atoms with E-state index in [9.17, 15) is 19.8 Å². The van der Waals surface area contributed by atoms with Crippen LogP contribution in [0.4, 0.5) is 0 Å². The van der Waals surface area contributed by atoms with Crippen molar-refractivity contribution in [2.75, 3.05) is 0 Å². The Kier molecular flexibility index (Phi) is 3.49. The molecule has 28 heavy (non-hydrogen) atoms. The third-order valence-electron chi connectivity index (χ3n) is 5.59. The number of hydrogen-bond donors (Lipinski definition) is 2. The molecule has 0 saturated heterocycles. The molecule has 0 fully saturated rings. The van der Waals surface area contributed by atoms with Gasteiger partial charge in [0, 0.05) is 0 Å². The number of fused-ring (bicyclic) bond motifs is 4. The summed E-state index contributed by atoms with van der Waals surface area (Å²) in [7, 11) is 0. The topological polar surface area (TPSA) is 74.6 Å². The van der Waals surface area contributed by atoms with Crippen LogP contribution in [-0.4, -0.2) is 22.2 Å². The van der Waals surface area contributed by atoms with Crippen LogP contribution in [0.2, 0.25) is 0 Å². The van der Waals surface area contributed by atoms with Crippen molar-refractivity contribution in [2.24, 2.45) is 0 Å². The van der Waals surface area contributed by atoms with Gasteiger partial charge in [-0.25, -0.2) is 9.59 Å². The van der Waals surface area contributed by atoms with Crippen molar-refractivity contribution in [3.63, 3.8) is 0 Å². The standard InChI is InChI=1S/C24H16O4/c25-23(26)21-11-19-9-17-7-15-5-13-3-1-2-4-14(13)6-16(15)8-18(17)10-20(19)12-22(21)24(27)28/h1-8,11-12H,9-10H2,(H,25,26)(H,27,28). The molecule has 5 rings (SSSR count). The minimum absolute atomic E-state index is 0.151. The molecular formula is C24H16O4. The molecule has 0 heterocycles. The Labute approximate surface area is 160 Å². The third kappa shape index (κ3) is 2.54. The van der Waals surface area contributed by atoms with E-state index in [1.165, 1.54) is 22.9 Å². The largest absolute Gasteiger partial charge is 0.478 e. The second kappa shape index (κ2) is 5.92. The number of carboxylic acid groups (broad SMARTS) is 2. The van der Waals surface area contributed by atoms with Gasteiger partial charge in [-0.15, -0.1) is 0 Å². The summed E-state index contributed by atoms with van der Waals surface area (Å²) in [6.45, 7) is 0. The van der Waals surface area contributed by atoms with Crippen molar-refractivity contribution in [3.8, 4) is 0 Å². The highest BCUT2D eigenvalue weighted by molar-refractivity contribution is 6.02. The fourth-order valence-electron chi connectivity index (χ4n) is 4.20. The molecule has 0 bridgehead atoms. The summed E-state index contributed by atoms with van der Waals surface area (Å²) < 4.78 is 0. The molecule has 4 heteroatoms. The van der Waals surface area contributed by atoms with E-state index in [-0.39, 0.29) is 11.1 Å². The minimum atomic E-state index is -1.21. The van der Waals surface area contributed by atoms with Gasteiger partial charge in [-0.2, -0.15) is 0 Å². The predicted molar refractivity (Wildman–Crippen MR) is 107 cm³/mol. The number of aromatic carboxylic acids is 2. The van der Waals surface area contributed by atoms with Crippen molar-refractivity contribution in [3.05, 3.63) is 94.0 Å². The molecule has 0 aliphatic heterocycles. The van der Waals surface area contributed by atoms with Crippen LogP contribution in [0, 0.1) is 0 Å². The number of carboxylic acids is 2. The first kappa shape index (κ1) is 16.5. The molecule has 4 nitrogen and oxygen atoms in total. The Hall–Kier alpha value is -3.66. The van der Waals surface area contributed by atoms with Gasteiger partial charge in [0.15, 0.2) is 0 Å². The lowest BCUT2D eigenvalue weighted by molar-refractivity contribution is 0.0651. The molecule has 2 N–H and O–H groups in total. The number of carbonyl (C=O) groups is 2. The molecular weight excluding hydrogens is 352 g/mol. The summed E-state index contributed by atoms with van der Waals surface area (Å²) in [6, 6.07) is 20.0. The van der Waals surface area contributed by atoms with Crippen LogP contribution in [0.5, 0.6) is 0 Å². The summed E-state index contributed by atoms with van der Waals surface area (Å²) in [6.07, 6.45) is 1.21. The van der Waals surface area contributed by atoms with Crippen LogP contribution in [0.1, 0.15) is 43.0 Å². The lowest BCUT2D eigenvalue weighted by Gasteiger charge is -2.22. The van der Waals surface area contributed by atoms with Gasteiger partial charge in [0.25, 0.3) is 0 Å². The Morgan fingerprint density at radius 2 is 0.964 bits per heavy atom. The van der Waals surface area contributed by atoms with E-state index in [4.69, 9.17) is 0 Å². The molecule has 0 saturated carbocycles. The first-order chi connectivity index (χ1) is 13.5. The molecule has 0 unspecified atom stereocenters. The zero-order valence-electron chi connectivity index (χ0n) is 14.9. The lowest BCUT2D eigenvalue weighted by Crippen LogP contribution is -2.14. The fourth-order valence-corrected chi connectivity index (χ4v) is 4.20. The van der Waals surface area contributed by atoms with Crippen LogP contribution in [0.25, 0.3) is 21.5 Å². The molecule has 0 radical (unpaired) electrons. The summed E-state index contributed by atoms with van der Waals surface area (Å²) in [5, 5.41) is 23.5. The minimum Gasteiger partial charge on any atom is -0.478 e. The molecule has 1 aliphatic carbocycles. The van der Waals surface area contributed by atoms with Crippen molar-refractivity contribution in [1.29, 1.82) is 0 Å². The number of benzene rings is 4. The summed E-state index contributed by atoms with van der Waals surface area (Å²) in [5.41, 5.74) is 3.79. The van der Waals surface area contributed by atoms with Gasteiger partial charge in [-0.1, -0.05) is 36.4 Å². The normalized spacial score (nSPS) is 12.6. The van der Waals surface area contributed by atoms with E-state index in [2.05, 4.69) is 36.4 Å². The van der Waals surface area contributed by atoms with Crippen molar-refractivity contribution in [2.45, 2.75) is 12.8 Å². The van der Waals surface area contributed by atoms with Gasteiger partial charge in [0.2, 0.25) is 0 Å². The van der Waals surface area contributed by atoms with Crippen LogP contribution < -0.4 is 0 Å². The molecule has 0 atom stereocenters. The van der Waals surface area contributed by atoms with Gasteiger partial charge in [-0.3, -0.25) is 0 Å². The van der Waals surface area contributed by atoms with E-state index >= 15 is 0 Å². The smallest absolute Gasteiger partial charge is 0.336 e. The average Bonchev–Trinajstić information content (AvgIpc) is 2.68. The van der Waals surface area contributed by atoms with Crippen LogP contribution in [0.3, 0.4) is 0 Å². The predicted octanol–water partition coefficient (Wildman–Crippen LogP) is 4.88. The molecule has 1 aliphatic rings. The Balaban J connectivity index is 1.67. The maximum atomic E-state index is 11.5. The number of rotatable bonds is 2. The van der Waals surface area contributed by atoms with E-state index in [0.29, 0.717) is 12.8 Å². The van der Waals surface area contributed by atoms with E-state index in [1.807, 2.05) is 12.1 Å². The first-order valence-electron chi connectivity index (χ1n) is 9.06. The molecule has 0 amide bonds. The second-order valence-corrected chi connectivity index (χ2v) is 7.30. The summed E-state index contributed by atoms with van der Waals surface area (Å²) in [4.78, 5) is 23.0. The van der Waals surface area contributed by atoms with Crippen LogP contribution in [0.15, 0.2) is 60.7 Å². The second-order valence-electron chi connectivity index (χ2n) is 7.30. The van der Waals surface area contributed by atoms with E-state index < -0.39 is 11.9 Å². The molecule has 0 spiro atoms. The highest BCUT2D eigenvalue weighted by Gasteiger charge is 2.23. The van der Waals surface area contributed by atoms with Crippen LogP contribution in [-0.2, 0) is 12.8 Å². The maximum absolute atomic E-state index is 11.5. The van der Waals surface area contributed by atoms with Crippen molar-refractivity contribution < 1.29 is 19.8 Å². The third-order valence-corrected chi connectivity index (χ3v) is 5.59. The molecule has 136 valence electrons. The van der Waals surface area contributed by atoms with Crippen molar-refractivity contribution in [1.82, 2.24) is 0 Å². The molecule has 0 aromatic heterocycles. The zero-order valence-corrected chi connectivity index (χ0v) is 14.9. The lowest BCUT2D eigenvalue weighted by atomic mass is 9.82. The van der Waals surface area contributed by atoms with Gasteiger partial charge in [0.05, 0.1) is 11.1 Å². The molecule has 4 aromatic rings. The van der Waals surface area contributed by atoms with Gasteiger partial charge in [-0.05, 0) is 80.9 Å². The number of hydrogen-bond acceptors (Lipinski definition) is 2. The Bertz CT molecular complexity index is 1220. The summed E-state index contributed by atoms with van der Waals surface area (Å²) in [5.74, 6) is -2.42. The Morgan fingerprint density at radius 1 is 0.571 bits per heavy atom. The van der Waals surface area contributed by atoms with Gasteiger partial charge >= 0.3 is 11.9 Å². The highest BCUT2D eigenvalue weighted by atomic mass is 16.4. The van der Waals surface area contributed by atoms with E-state index in [0.717, 1.165) is 33.0 Å².